The highest BCUT2D eigenvalue weighted by Crippen LogP contribution is 2.31. The van der Waals surface area contributed by atoms with Crippen molar-refractivity contribution < 1.29 is 22.6 Å². The SMILES string of the molecule is CCOc1cc(/C=C(\C#N)S(=O)(=O)c2ccccc2)ccc1OCc1cccc(OC)c1. The lowest BCUT2D eigenvalue weighted by Gasteiger charge is -2.13. The molecule has 0 unspecified atom stereocenters. The lowest BCUT2D eigenvalue weighted by Crippen LogP contribution is -2.03. The second kappa shape index (κ2) is 10.5. The van der Waals surface area contributed by atoms with Crippen molar-refractivity contribution in [1.82, 2.24) is 0 Å². The van der Waals surface area contributed by atoms with E-state index in [4.69, 9.17) is 14.2 Å². The van der Waals surface area contributed by atoms with Crippen LogP contribution in [0, 0.1) is 11.3 Å². The van der Waals surface area contributed by atoms with Crippen molar-refractivity contribution >= 4 is 15.9 Å². The first-order valence-corrected chi connectivity index (χ1v) is 11.4. The highest BCUT2D eigenvalue weighted by Gasteiger charge is 2.20. The zero-order valence-electron chi connectivity index (χ0n) is 17.8. The lowest BCUT2D eigenvalue weighted by molar-refractivity contribution is 0.269. The molecule has 3 aromatic rings. The quantitative estimate of drug-likeness (QED) is 0.427. The highest BCUT2D eigenvalue weighted by molar-refractivity contribution is 7.95. The summed E-state index contributed by atoms with van der Waals surface area (Å²) in [5.41, 5.74) is 1.44. The molecule has 0 spiro atoms. The number of allylic oxidation sites excluding steroid dienone is 1. The van der Waals surface area contributed by atoms with Crippen molar-refractivity contribution in [2.24, 2.45) is 0 Å². The van der Waals surface area contributed by atoms with Gasteiger partial charge in [0.25, 0.3) is 0 Å². The van der Waals surface area contributed by atoms with Crippen LogP contribution in [0.4, 0.5) is 0 Å². The van der Waals surface area contributed by atoms with Gasteiger partial charge in [0.15, 0.2) is 11.5 Å². The fourth-order valence-electron chi connectivity index (χ4n) is 2.97. The number of hydrogen-bond donors (Lipinski definition) is 0. The molecule has 0 saturated carbocycles. The summed E-state index contributed by atoms with van der Waals surface area (Å²) in [7, 11) is -2.32. The van der Waals surface area contributed by atoms with E-state index in [9.17, 15) is 13.7 Å². The molecule has 7 heteroatoms. The lowest BCUT2D eigenvalue weighted by atomic mass is 10.2. The maximum Gasteiger partial charge on any atom is 0.216 e. The van der Waals surface area contributed by atoms with Gasteiger partial charge >= 0.3 is 0 Å². The van der Waals surface area contributed by atoms with Gasteiger partial charge in [-0.3, -0.25) is 0 Å². The first kappa shape index (κ1) is 22.9. The molecule has 0 radical (unpaired) electrons. The van der Waals surface area contributed by atoms with Crippen LogP contribution < -0.4 is 14.2 Å². The first-order chi connectivity index (χ1) is 15.5. The van der Waals surface area contributed by atoms with Crippen LogP contribution in [-0.2, 0) is 16.4 Å². The maximum atomic E-state index is 12.8. The first-order valence-electron chi connectivity index (χ1n) is 9.92. The van der Waals surface area contributed by atoms with E-state index < -0.39 is 9.84 Å². The van der Waals surface area contributed by atoms with E-state index in [1.807, 2.05) is 31.2 Å². The molecule has 0 saturated heterocycles. The van der Waals surface area contributed by atoms with Crippen LogP contribution in [0.25, 0.3) is 6.08 Å². The Labute approximate surface area is 188 Å². The Morgan fingerprint density at radius 1 is 0.969 bits per heavy atom. The van der Waals surface area contributed by atoms with Gasteiger partial charge in [0.1, 0.15) is 23.3 Å². The summed E-state index contributed by atoms with van der Waals surface area (Å²) >= 11 is 0. The molecule has 0 heterocycles. The van der Waals surface area contributed by atoms with Crippen LogP contribution >= 0.6 is 0 Å². The average Bonchev–Trinajstić information content (AvgIpc) is 2.82. The van der Waals surface area contributed by atoms with Gasteiger partial charge in [-0.05, 0) is 60.5 Å². The van der Waals surface area contributed by atoms with Crippen LogP contribution in [0.3, 0.4) is 0 Å². The monoisotopic (exact) mass is 449 g/mol. The number of nitriles is 1. The number of benzene rings is 3. The number of ether oxygens (including phenoxy) is 3. The third kappa shape index (κ3) is 5.48. The van der Waals surface area contributed by atoms with Gasteiger partial charge in [-0.25, -0.2) is 8.42 Å². The molecule has 0 aliphatic rings. The molecule has 6 nitrogen and oxygen atoms in total. The molecule has 0 N–H and O–H groups in total. The molecule has 0 aliphatic carbocycles. The smallest absolute Gasteiger partial charge is 0.216 e. The summed E-state index contributed by atoms with van der Waals surface area (Å²) in [5, 5.41) is 9.50. The van der Waals surface area contributed by atoms with Crippen LogP contribution in [0.1, 0.15) is 18.1 Å². The number of sulfone groups is 1. The summed E-state index contributed by atoms with van der Waals surface area (Å²) < 4.78 is 42.4. The Kier molecular flexibility index (Phi) is 7.53. The number of methoxy groups -OCH3 is 1. The van der Waals surface area contributed by atoms with E-state index in [-0.39, 0.29) is 9.80 Å². The van der Waals surface area contributed by atoms with Crippen LogP contribution in [0.15, 0.2) is 82.6 Å². The fourth-order valence-corrected chi connectivity index (χ4v) is 4.15. The van der Waals surface area contributed by atoms with Crippen molar-refractivity contribution in [3.8, 4) is 23.3 Å². The third-order valence-electron chi connectivity index (χ3n) is 4.55. The topological polar surface area (TPSA) is 85.6 Å². The molecule has 0 aliphatic heterocycles. The number of rotatable bonds is 9. The van der Waals surface area contributed by atoms with Crippen molar-refractivity contribution in [2.45, 2.75) is 18.4 Å². The maximum absolute atomic E-state index is 12.8. The third-order valence-corrected chi connectivity index (χ3v) is 6.23. The van der Waals surface area contributed by atoms with E-state index in [2.05, 4.69) is 0 Å². The van der Waals surface area contributed by atoms with Crippen molar-refractivity contribution in [3.63, 3.8) is 0 Å². The minimum atomic E-state index is -3.92. The van der Waals surface area contributed by atoms with Crippen molar-refractivity contribution in [2.75, 3.05) is 13.7 Å². The highest BCUT2D eigenvalue weighted by atomic mass is 32.2. The molecule has 0 aromatic heterocycles. The Balaban J connectivity index is 1.88. The molecule has 3 rings (SSSR count). The molecular formula is C25H23NO5S. The van der Waals surface area contributed by atoms with Gasteiger partial charge < -0.3 is 14.2 Å². The van der Waals surface area contributed by atoms with E-state index >= 15 is 0 Å². The summed E-state index contributed by atoms with van der Waals surface area (Å²) in [6.45, 7) is 2.54. The summed E-state index contributed by atoms with van der Waals surface area (Å²) in [5.74, 6) is 1.70. The zero-order chi connectivity index (χ0) is 23.0. The normalized spacial score (nSPS) is 11.5. The summed E-state index contributed by atoms with van der Waals surface area (Å²) in [6.07, 6.45) is 1.33. The minimum Gasteiger partial charge on any atom is -0.497 e. The van der Waals surface area contributed by atoms with Gasteiger partial charge in [-0.2, -0.15) is 5.26 Å². The van der Waals surface area contributed by atoms with Crippen LogP contribution in [-0.4, -0.2) is 22.1 Å². The number of hydrogen-bond acceptors (Lipinski definition) is 6. The Morgan fingerprint density at radius 3 is 2.44 bits per heavy atom. The van der Waals surface area contributed by atoms with Crippen molar-refractivity contribution in [3.05, 3.63) is 88.8 Å². The van der Waals surface area contributed by atoms with E-state index in [1.54, 1.807) is 49.6 Å². The largest absolute Gasteiger partial charge is 0.497 e. The molecule has 164 valence electrons. The van der Waals surface area contributed by atoms with Crippen LogP contribution in [0.5, 0.6) is 17.2 Å². The van der Waals surface area contributed by atoms with E-state index in [1.165, 1.54) is 18.2 Å². The molecular weight excluding hydrogens is 426 g/mol. The van der Waals surface area contributed by atoms with Gasteiger partial charge in [-0.15, -0.1) is 0 Å². The Bertz CT molecular complexity index is 1240. The zero-order valence-corrected chi connectivity index (χ0v) is 18.6. The Morgan fingerprint density at radius 2 is 1.75 bits per heavy atom. The van der Waals surface area contributed by atoms with Gasteiger partial charge in [-0.1, -0.05) is 36.4 Å². The second-order valence-electron chi connectivity index (χ2n) is 6.72. The van der Waals surface area contributed by atoms with Crippen LogP contribution in [0.2, 0.25) is 0 Å². The second-order valence-corrected chi connectivity index (χ2v) is 8.63. The average molecular weight is 450 g/mol. The van der Waals surface area contributed by atoms with Gasteiger partial charge in [0, 0.05) is 0 Å². The molecule has 0 fully saturated rings. The predicted molar refractivity (Wildman–Crippen MR) is 122 cm³/mol. The van der Waals surface area contributed by atoms with Gasteiger partial charge in [0.2, 0.25) is 9.84 Å². The predicted octanol–water partition coefficient (Wildman–Crippen LogP) is 5.01. The van der Waals surface area contributed by atoms with Crippen molar-refractivity contribution in [1.29, 1.82) is 5.26 Å². The molecule has 32 heavy (non-hydrogen) atoms. The fraction of sp³-hybridized carbons (Fsp3) is 0.160. The molecule has 0 bridgehead atoms. The number of nitrogens with zero attached hydrogens (tertiary/aromatic N) is 1. The van der Waals surface area contributed by atoms with E-state index in [0.29, 0.717) is 30.3 Å². The minimum absolute atomic E-state index is 0.0658. The van der Waals surface area contributed by atoms with E-state index in [0.717, 1.165) is 11.3 Å². The molecule has 0 atom stereocenters. The standard InChI is InChI=1S/C25H23NO5S/c1-3-30-25-16-19(15-23(17-26)32(27,28)22-10-5-4-6-11-22)12-13-24(25)31-18-20-8-7-9-21(14-20)29-2/h4-16H,3,18H2,1-2H3/b23-15+. The summed E-state index contributed by atoms with van der Waals surface area (Å²) in [6, 6.07) is 22.2. The summed E-state index contributed by atoms with van der Waals surface area (Å²) in [4.78, 5) is -0.285. The van der Waals surface area contributed by atoms with Gasteiger partial charge in [0.05, 0.1) is 18.6 Å². The molecule has 3 aromatic carbocycles. The molecule has 0 amide bonds. The Hall–Kier alpha value is -3.76.